The Labute approximate surface area is 225 Å². The van der Waals surface area contributed by atoms with E-state index in [0.717, 1.165) is 50.5 Å². The Balaban J connectivity index is 0.000000411. The van der Waals surface area contributed by atoms with E-state index < -0.39 is 12.1 Å². The highest BCUT2D eigenvalue weighted by atomic mass is 19.4. The van der Waals surface area contributed by atoms with Gasteiger partial charge in [0.1, 0.15) is 17.3 Å². The van der Waals surface area contributed by atoms with Gasteiger partial charge in [0.2, 0.25) is 5.82 Å². The van der Waals surface area contributed by atoms with Crippen LogP contribution in [0.4, 0.5) is 23.4 Å². The van der Waals surface area contributed by atoms with Crippen LogP contribution in [0.2, 0.25) is 0 Å². The fourth-order valence-corrected chi connectivity index (χ4v) is 4.15. The van der Waals surface area contributed by atoms with E-state index >= 15 is 0 Å². The van der Waals surface area contributed by atoms with Gasteiger partial charge in [-0.05, 0) is 50.2 Å². The molecule has 4 heterocycles. The lowest BCUT2D eigenvalue weighted by Crippen LogP contribution is -2.44. The van der Waals surface area contributed by atoms with E-state index in [1.807, 2.05) is 18.2 Å². The van der Waals surface area contributed by atoms with Crippen LogP contribution in [0.25, 0.3) is 28.8 Å². The summed E-state index contributed by atoms with van der Waals surface area (Å²) in [4.78, 5) is 22.8. The molecule has 1 saturated heterocycles. The average molecular weight is 561 g/mol. The fraction of sp³-hybridized carbons (Fsp3) is 0.360. The van der Waals surface area contributed by atoms with Gasteiger partial charge in [-0.25, -0.2) is 18.9 Å². The van der Waals surface area contributed by atoms with Gasteiger partial charge < -0.3 is 19.4 Å². The van der Waals surface area contributed by atoms with Gasteiger partial charge in [-0.1, -0.05) is 22.5 Å². The first-order valence-electron chi connectivity index (χ1n) is 12.4. The third-order valence-corrected chi connectivity index (χ3v) is 6.38. The average Bonchev–Trinajstić information content (AvgIpc) is 3.47. The highest BCUT2D eigenvalue weighted by molar-refractivity contribution is 5.73. The maximum absolute atomic E-state index is 13.8. The van der Waals surface area contributed by atoms with Crippen molar-refractivity contribution in [1.29, 1.82) is 0 Å². The van der Waals surface area contributed by atoms with Gasteiger partial charge >= 0.3 is 12.1 Å². The number of alkyl halides is 3. The molecule has 15 heteroatoms. The number of rotatable bonds is 5. The summed E-state index contributed by atoms with van der Waals surface area (Å²) in [5.74, 6) is -1.19. The summed E-state index contributed by atoms with van der Waals surface area (Å²) in [5, 5.41) is 19.9. The second kappa shape index (κ2) is 11.0. The number of carboxylic acid groups (broad SMARTS) is 1. The predicted octanol–water partition coefficient (Wildman–Crippen LogP) is 3.78. The monoisotopic (exact) mass is 560 g/mol. The van der Waals surface area contributed by atoms with Crippen molar-refractivity contribution in [1.82, 2.24) is 35.0 Å². The van der Waals surface area contributed by atoms with Crippen LogP contribution in [0.15, 0.2) is 47.0 Å². The van der Waals surface area contributed by atoms with Crippen LogP contribution in [0, 0.1) is 5.82 Å². The topological polar surface area (TPSA) is 126 Å². The molecule has 2 aliphatic rings. The number of anilines is 1. The van der Waals surface area contributed by atoms with Crippen LogP contribution in [0.3, 0.4) is 0 Å². The number of hydrogen-bond acceptors (Lipinski definition) is 9. The number of likely N-dealkylation sites (N-methyl/N-ethyl adjacent to an activating group) is 1. The molecule has 0 amide bonds. The number of halogens is 4. The zero-order valence-corrected chi connectivity index (χ0v) is 21.2. The second-order valence-electron chi connectivity index (χ2n) is 9.39. The largest absolute Gasteiger partial charge is 0.490 e. The molecule has 1 N–H and O–H groups in total. The zero-order valence-electron chi connectivity index (χ0n) is 21.2. The molecule has 0 spiro atoms. The Morgan fingerprint density at radius 2 is 1.75 bits per heavy atom. The molecule has 0 atom stereocenters. The SMILES string of the molecule is CN1CCN(c2cccc(-c3noc(-c4nnn(-c5cccc(F)c5)c4C4CC4)n3)n2)CC1.O=C(O)C(F)(F)F. The van der Waals surface area contributed by atoms with E-state index in [9.17, 15) is 17.6 Å². The minimum atomic E-state index is -5.08. The highest BCUT2D eigenvalue weighted by Gasteiger charge is 2.38. The smallest absolute Gasteiger partial charge is 0.475 e. The highest BCUT2D eigenvalue weighted by Crippen LogP contribution is 2.44. The number of piperazine rings is 1. The summed E-state index contributed by atoms with van der Waals surface area (Å²) in [7, 11) is 2.13. The van der Waals surface area contributed by atoms with Gasteiger partial charge in [0, 0.05) is 32.1 Å². The van der Waals surface area contributed by atoms with E-state index in [0.29, 0.717) is 28.8 Å². The number of carboxylic acids is 1. The van der Waals surface area contributed by atoms with Crippen LogP contribution in [0.1, 0.15) is 24.5 Å². The van der Waals surface area contributed by atoms with Gasteiger partial charge in [-0.2, -0.15) is 18.2 Å². The Morgan fingerprint density at radius 3 is 2.40 bits per heavy atom. The molecular formula is C25H24F4N8O3. The van der Waals surface area contributed by atoms with Crippen LogP contribution in [-0.2, 0) is 4.79 Å². The van der Waals surface area contributed by atoms with Gasteiger partial charge in [-0.15, -0.1) is 5.10 Å². The van der Waals surface area contributed by atoms with Gasteiger partial charge in [0.15, 0.2) is 5.69 Å². The Kier molecular flexibility index (Phi) is 7.47. The van der Waals surface area contributed by atoms with Crippen LogP contribution >= 0.6 is 0 Å². The normalized spacial score (nSPS) is 16.0. The Hall–Kier alpha value is -4.40. The number of aromatic nitrogens is 6. The molecule has 1 saturated carbocycles. The van der Waals surface area contributed by atoms with Crippen molar-refractivity contribution in [3.8, 4) is 28.8 Å². The molecule has 0 unspecified atom stereocenters. The molecule has 40 heavy (non-hydrogen) atoms. The van der Waals surface area contributed by atoms with E-state index in [1.54, 1.807) is 16.8 Å². The third-order valence-electron chi connectivity index (χ3n) is 6.38. The first kappa shape index (κ1) is 27.2. The molecular weight excluding hydrogens is 536 g/mol. The van der Waals surface area contributed by atoms with Crippen molar-refractivity contribution in [3.63, 3.8) is 0 Å². The van der Waals surface area contributed by atoms with Crippen LogP contribution in [-0.4, -0.2) is 85.5 Å². The van der Waals surface area contributed by atoms with Crippen molar-refractivity contribution >= 4 is 11.8 Å². The lowest BCUT2D eigenvalue weighted by molar-refractivity contribution is -0.192. The summed E-state index contributed by atoms with van der Waals surface area (Å²) in [6, 6.07) is 12.2. The second-order valence-corrected chi connectivity index (χ2v) is 9.39. The van der Waals surface area contributed by atoms with Gasteiger partial charge in [0.05, 0.1) is 11.4 Å². The van der Waals surface area contributed by atoms with Crippen molar-refractivity contribution in [2.24, 2.45) is 0 Å². The minimum absolute atomic E-state index is 0.285. The number of carbonyl (C=O) groups is 1. The lowest BCUT2D eigenvalue weighted by atomic mass is 10.2. The Bertz CT molecular complexity index is 1490. The van der Waals surface area contributed by atoms with Crippen molar-refractivity contribution in [2.45, 2.75) is 24.9 Å². The van der Waals surface area contributed by atoms with Crippen molar-refractivity contribution in [3.05, 3.63) is 54.0 Å². The number of hydrogen-bond donors (Lipinski definition) is 1. The molecule has 1 aliphatic carbocycles. The van der Waals surface area contributed by atoms with E-state index in [2.05, 4.69) is 37.3 Å². The molecule has 6 rings (SSSR count). The van der Waals surface area contributed by atoms with Crippen molar-refractivity contribution in [2.75, 3.05) is 38.1 Å². The number of aliphatic carboxylic acids is 1. The number of pyridine rings is 1. The first-order valence-corrected chi connectivity index (χ1v) is 12.4. The van der Waals surface area contributed by atoms with E-state index in [-0.39, 0.29) is 11.7 Å². The molecule has 11 nitrogen and oxygen atoms in total. The van der Waals surface area contributed by atoms with E-state index in [4.69, 9.17) is 19.4 Å². The zero-order chi connectivity index (χ0) is 28.4. The quantitative estimate of drug-likeness (QED) is 0.361. The van der Waals surface area contributed by atoms with Gasteiger partial charge in [-0.3, -0.25) is 0 Å². The lowest BCUT2D eigenvalue weighted by Gasteiger charge is -2.33. The fourth-order valence-electron chi connectivity index (χ4n) is 4.15. The summed E-state index contributed by atoms with van der Waals surface area (Å²) in [6.07, 6.45) is -3.05. The number of benzene rings is 1. The van der Waals surface area contributed by atoms with Gasteiger partial charge in [0.25, 0.3) is 5.89 Å². The third kappa shape index (κ3) is 6.09. The molecule has 4 aromatic rings. The molecule has 0 bridgehead atoms. The maximum atomic E-state index is 13.8. The summed E-state index contributed by atoms with van der Waals surface area (Å²) in [5.41, 5.74) is 2.68. The summed E-state index contributed by atoms with van der Waals surface area (Å²) >= 11 is 0. The predicted molar refractivity (Wildman–Crippen MR) is 133 cm³/mol. The molecule has 2 fully saturated rings. The first-order chi connectivity index (χ1) is 19.1. The van der Waals surface area contributed by atoms with Crippen LogP contribution < -0.4 is 4.90 Å². The maximum Gasteiger partial charge on any atom is 0.490 e. The summed E-state index contributed by atoms with van der Waals surface area (Å²) < 4.78 is 52.8. The summed E-state index contributed by atoms with van der Waals surface area (Å²) in [6.45, 7) is 3.86. The molecule has 210 valence electrons. The minimum Gasteiger partial charge on any atom is -0.475 e. The van der Waals surface area contributed by atoms with Crippen molar-refractivity contribution < 1.29 is 32.0 Å². The molecule has 0 radical (unpaired) electrons. The molecule has 1 aliphatic heterocycles. The van der Waals surface area contributed by atoms with Crippen LogP contribution in [0.5, 0.6) is 0 Å². The molecule has 3 aromatic heterocycles. The van der Waals surface area contributed by atoms with E-state index in [1.165, 1.54) is 12.1 Å². The Morgan fingerprint density at radius 1 is 1.05 bits per heavy atom. The number of nitrogens with zero attached hydrogens (tertiary/aromatic N) is 8. The molecule has 1 aromatic carbocycles. The standard InChI is InChI=1S/C23H23FN8O.C2HF3O2/c1-30-10-12-31(13-11-30)19-7-3-6-18(25-19)22-26-23(33-28-22)20-21(15-8-9-15)32(29-27-20)17-5-2-4-16(24)14-17;3-2(4,5)1(6)7/h2-7,14-15H,8-13H2,1H3;(H,6,7).